The number of rotatable bonds is 7. The summed E-state index contributed by atoms with van der Waals surface area (Å²) in [6, 6.07) is 40.5. The maximum atomic E-state index is 13.7. The van der Waals surface area contributed by atoms with E-state index in [1.54, 1.807) is 0 Å². The zero-order valence-electron chi connectivity index (χ0n) is 24.7. The fourth-order valence-corrected chi connectivity index (χ4v) is 10.5. The predicted molar refractivity (Wildman–Crippen MR) is 172 cm³/mol. The summed E-state index contributed by atoms with van der Waals surface area (Å²) >= 11 is 0. The van der Waals surface area contributed by atoms with Gasteiger partial charge in [0.05, 0.1) is 18.7 Å². The molecule has 1 aliphatic heterocycles. The summed E-state index contributed by atoms with van der Waals surface area (Å²) in [5.41, 5.74) is 1.89. The van der Waals surface area contributed by atoms with Crippen molar-refractivity contribution in [2.24, 2.45) is 0 Å². The van der Waals surface area contributed by atoms with Crippen molar-refractivity contribution in [3.63, 3.8) is 0 Å². The van der Waals surface area contributed by atoms with E-state index < -0.39 is 8.32 Å². The Kier molecular flexibility index (Phi) is 9.27. The first-order valence-corrected chi connectivity index (χ1v) is 16.6. The molecular formula is C37H39NO3Si. The lowest BCUT2D eigenvalue weighted by molar-refractivity contribution is 0.0742. The normalized spacial score (nSPS) is 16.9. The van der Waals surface area contributed by atoms with Crippen LogP contribution in [0.15, 0.2) is 121 Å². The highest BCUT2D eigenvalue weighted by atomic mass is 28.4. The Morgan fingerprint density at radius 1 is 0.786 bits per heavy atom. The Morgan fingerprint density at radius 3 is 1.86 bits per heavy atom. The summed E-state index contributed by atoms with van der Waals surface area (Å²) < 4.78 is 13.1. The molecule has 4 aromatic rings. The minimum absolute atomic E-state index is 0.148. The van der Waals surface area contributed by atoms with Crippen LogP contribution in [-0.2, 0) is 15.8 Å². The molecule has 1 heterocycles. The third-order valence-corrected chi connectivity index (χ3v) is 13.0. The quantitative estimate of drug-likeness (QED) is 0.181. The van der Waals surface area contributed by atoms with Crippen molar-refractivity contribution in [1.82, 2.24) is 4.90 Å². The van der Waals surface area contributed by atoms with Crippen molar-refractivity contribution in [3.8, 4) is 11.8 Å². The van der Waals surface area contributed by atoms with Crippen molar-refractivity contribution < 1.29 is 14.0 Å². The zero-order chi connectivity index (χ0) is 29.4. The molecule has 0 radical (unpaired) electrons. The molecule has 0 spiro atoms. The van der Waals surface area contributed by atoms with Crippen molar-refractivity contribution in [2.45, 2.75) is 57.3 Å². The molecule has 0 bridgehead atoms. The number of hydrogen-bond acceptors (Lipinski definition) is 3. The monoisotopic (exact) mass is 573 g/mol. The summed E-state index contributed by atoms with van der Waals surface area (Å²) in [5.74, 6) is 6.66. The van der Waals surface area contributed by atoms with Crippen LogP contribution in [-0.4, -0.2) is 38.0 Å². The Balaban J connectivity index is 1.45. The van der Waals surface area contributed by atoms with Gasteiger partial charge in [0.1, 0.15) is 6.61 Å². The number of ether oxygens (including phenoxy) is 1. The Morgan fingerprint density at radius 2 is 1.31 bits per heavy atom. The first-order valence-electron chi connectivity index (χ1n) is 14.7. The van der Waals surface area contributed by atoms with Crippen molar-refractivity contribution in [3.05, 3.63) is 132 Å². The standard InChI is InChI=1S/C37H39NO3Si/c1-37(2,3)42(34-20-12-6-13-21-34,35-22-14-7-15-23-35)41-29-33-27-26-32(25-24-30-16-8-4-9-17-30)38(33)36(39)40-28-31-18-10-5-11-19-31/h4-23,32-33H,26-29H2,1-3H3/t32-,33+/m1/s1. The van der Waals surface area contributed by atoms with Gasteiger partial charge in [-0.05, 0) is 45.9 Å². The molecule has 4 aromatic carbocycles. The predicted octanol–water partition coefficient (Wildman–Crippen LogP) is 6.78. The van der Waals surface area contributed by atoms with Crippen LogP contribution in [0.25, 0.3) is 0 Å². The topological polar surface area (TPSA) is 38.8 Å². The van der Waals surface area contributed by atoms with E-state index in [0.29, 0.717) is 6.61 Å². The average Bonchev–Trinajstić information content (AvgIpc) is 3.43. The molecule has 0 saturated carbocycles. The molecule has 1 aliphatic rings. The number of likely N-dealkylation sites (tertiary alicyclic amines) is 1. The number of carbonyl (C=O) groups is 1. The Hall–Kier alpha value is -4.11. The van der Waals surface area contributed by atoms with E-state index in [1.165, 1.54) is 10.4 Å². The van der Waals surface area contributed by atoms with Gasteiger partial charge in [-0.15, -0.1) is 0 Å². The van der Waals surface area contributed by atoms with E-state index in [4.69, 9.17) is 9.16 Å². The minimum atomic E-state index is -2.76. The highest BCUT2D eigenvalue weighted by Gasteiger charge is 2.51. The SMILES string of the molecule is CC(C)(C)[Si](OC[C@@H]1CC[C@@H](C#Cc2ccccc2)N1C(=O)OCc1ccccc1)(c1ccccc1)c1ccccc1. The summed E-state index contributed by atoms with van der Waals surface area (Å²) in [6.45, 7) is 7.45. The van der Waals surface area contributed by atoms with Crippen LogP contribution in [0.2, 0.25) is 5.04 Å². The van der Waals surface area contributed by atoms with Crippen LogP contribution >= 0.6 is 0 Å². The maximum Gasteiger partial charge on any atom is 0.411 e. The van der Waals surface area contributed by atoms with Crippen LogP contribution in [0.3, 0.4) is 0 Å². The van der Waals surface area contributed by atoms with Crippen LogP contribution in [0.1, 0.15) is 44.7 Å². The van der Waals surface area contributed by atoms with Gasteiger partial charge in [0.25, 0.3) is 8.32 Å². The lowest BCUT2D eigenvalue weighted by atomic mass is 10.2. The summed E-state index contributed by atoms with van der Waals surface area (Å²) in [7, 11) is -2.76. The van der Waals surface area contributed by atoms with Gasteiger partial charge in [-0.3, -0.25) is 4.90 Å². The molecule has 4 nitrogen and oxygen atoms in total. The number of amides is 1. The van der Waals surface area contributed by atoms with Crippen molar-refractivity contribution >= 4 is 24.8 Å². The van der Waals surface area contributed by atoms with Gasteiger partial charge in [0.15, 0.2) is 0 Å². The number of carbonyl (C=O) groups excluding carboxylic acids is 1. The average molecular weight is 574 g/mol. The van der Waals surface area contributed by atoms with Crippen LogP contribution in [0.5, 0.6) is 0 Å². The van der Waals surface area contributed by atoms with Gasteiger partial charge >= 0.3 is 6.09 Å². The maximum absolute atomic E-state index is 13.7. The molecule has 1 amide bonds. The van der Waals surface area contributed by atoms with Crippen LogP contribution in [0, 0.1) is 11.8 Å². The van der Waals surface area contributed by atoms with E-state index in [-0.39, 0.29) is 29.8 Å². The minimum Gasteiger partial charge on any atom is -0.445 e. The van der Waals surface area contributed by atoms with E-state index in [1.807, 2.05) is 77.7 Å². The van der Waals surface area contributed by atoms with E-state index in [2.05, 4.69) is 81.1 Å². The molecule has 1 fully saturated rings. The molecule has 1 saturated heterocycles. The second-order valence-electron chi connectivity index (χ2n) is 11.8. The lowest BCUT2D eigenvalue weighted by Crippen LogP contribution is -2.67. The van der Waals surface area contributed by atoms with Crippen molar-refractivity contribution in [2.75, 3.05) is 6.61 Å². The molecule has 5 rings (SSSR count). The molecule has 42 heavy (non-hydrogen) atoms. The van der Waals surface area contributed by atoms with Gasteiger partial charge in [0, 0.05) is 5.56 Å². The summed E-state index contributed by atoms with van der Waals surface area (Å²) in [4.78, 5) is 15.5. The Labute approximate surface area is 251 Å². The van der Waals surface area contributed by atoms with Gasteiger partial charge in [-0.2, -0.15) is 0 Å². The molecule has 0 aliphatic carbocycles. The third kappa shape index (κ3) is 6.51. The molecule has 0 unspecified atom stereocenters. The number of nitrogens with zero attached hydrogens (tertiary/aromatic N) is 1. The highest BCUT2D eigenvalue weighted by molar-refractivity contribution is 6.99. The second-order valence-corrected chi connectivity index (χ2v) is 16.1. The van der Waals surface area contributed by atoms with Crippen LogP contribution < -0.4 is 10.4 Å². The lowest BCUT2D eigenvalue weighted by Gasteiger charge is -2.44. The van der Waals surface area contributed by atoms with E-state index in [9.17, 15) is 4.79 Å². The molecule has 0 N–H and O–H groups in total. The van der Waals surface area contributed by atoms with Gasteiger partial charge in [-0.25, -0.2) is 4.79 Å². The second kappa shape index (κ2) is 13.2. The smallest absolute Gasteiger partial charge is 0.411 e. The van der Waals surface area contributed by atoms with E-state index >= 15 is 0 Å². The molecule has 0 aromatic heterocycles. The molecular weight excluding hydrogens is 534 g/mol. The summed E-state index contributed by atoms with van der Waals surface area (Å²) in [5, 5.41) is 2.29. The number of hydrogen-bond donors (Lipinski definition) is 0. The summed E-state index contributed by atoms with van der Waals surface area (Å²) in [6.07, 6.45) is 1.22. The number of benzene rings is 4. The fourth-order valence-electron chi connectivity index (χ4n) is 5.93. The highest BCUT2D eigenvalue weighted by Crippen LogP contribution is 2.38. The van der Waals surface area contributed by atoms with Crippen LogP contribution in [0.4, 0.5) is 4.79 Å². The van der Waals surface area contributed by atoms with Crippen molar-refractivity contribution in [1.29, 1.82) is 0 Å². The van der Waals surface area contributed by atoms with E-state index in [0.717, 1.165) is 24.0 Å². The van der Waals surface area contributed by atoms with Gasteiger partial charge in [0.2, 0.25) is 0 Å². The molecule has 5 heteroatoms. The molecule has 2 atom stereocenters. The zero-order valence-corrected chi connectivity index (χ0v) is 25.7. The Bertz CT molecular complexity index is 1450. The first-order chi connectivity index (χ1) is 20.4. The first kappa shape index (κ1) is 29.4. The molecule has 214 valence electrons. The van der Waals surface area contributed by atoms with Gasteiger partial charge < -0.3 is 9.16 Å². The third-order valence-electron chi connectivity index (χ3n) is 7.98. The largest absolute Gasteiger partial charge is 0.445 e. The fraction of sp³-hybridized carbons (Fsp3) is 0.270. The van der Waals surface area contributed by atoms with Gasteiger partial charge in [-0.1, -0.05) is 142 Å².